The molecule has 2 fully saturated rings. The molecule has 0 saturated carbocycles. The molecule has 0 radical (unpaired) electrons. The van der Waals surface area contributed by atoms with Crippen molar-refractivity contribution in [1.82, 2.24) is 20.1 Å². The van der Waals surface area contributed by atoms with Gasteiger partial charge in [0.2, 0.25) is 5.91 Å². The number of hydrogen-bond acceptors (Lipinski definition) is 5. The summed E-state index contributed by atoms with van der Waals surface area (Å²) in [5.74, 6) is 0.716. The van der Waals surface area contributed by atoms with Gasteiger partial charge < -0.3 is 15.0 Å². The van der Waals surface area contributed by atoms with Crippen LogP contribution in [0.4, 0.5) is 4.79 Å². The Morgan fingerprint density at radius 2 is 1.85 bits per heavy atom. The first kappa shape index (κ1) is 23.7. The number of nitrogens with zero attached hydrogens (tertiary/aromatic N) is 3. The number of methoxy groups -OCH3 is 1. The predicted octanol–water partition coefficient (Wildman–Crippen LogP) is 2.81. The fraction of sp³-hybridized carbons (Fsp3) is 0.462. The molecule has 2 aromatic rings. The smallest absolute Gasteiger partial charge is 0.325 e. The Labute approximate surface area is 200 Å². The van der Waals surface area contributed by atoms with Gasteiger partial charge in [-0.2, -0.15) is 0 Å². The molecule has 1 aromatic heterocycles. The molecule has 2 aliphatic rings. The van der Waals surface area contributed by atoms with Crippen molar-refractivity contribution in [3.8, 4) is 5.75 Å². The lowest BCUT2D eigenvalue weighted by atomic mass is 9.78. The lowest BCUT2D eigenvalue weighted by Gasteiger charge is -2.39. The summed E-state index contributed by atoms with van der Waals surface area (Å²) in [6.07, 6.45) is 6.59. The van der Waals surface area contributed by atoms with Crippen LogP contribution in [0.2, 0.25) is 0 Å². The van der Waals surface area contributed by atoms with Crippen LogP contribution in [0, 0.1) is 5.92 Å². The average molecular weight is 465 g/mol. The highest BCUT2D eigenvalue weighted by Crippen LogP contribution is 2.33. The molecule has 4 amide bonds. The van der Waals surface area contributed by atoms with Crippen molar-refractivity contribution in [3.05, 3.63) is 59.9 Å². The zero-order valence-electron chi connectivity index (χ0n) is 19.8. The highest BCUT2D eigenvalue weighted by molar-refractivity contribution is 6.07. The number of aryl methyl sites for hydroxylation is 1. The van der Waals surface area contributed by atoms with Gasteiger partial charge in [-0.15, -0.1) is 0 Å². The van der Waals surface area contributed by atoms with E-state index in [9.17, 15) is 14.4 Å². The molecule has 1 N–H and O–H groups in total. The number of amides is 4. The van der Waals surface area contributed by atoms with Crippen molar-refractivity contribution in [3.63, 3.8) is 0 Å². The summed E-state index contributed by atoms with van der Waals surface area (Å²) in [5, 5.41) is 2.95. The molecule has 34 heavy (non-hydrogen) atoms. The van der Waals surface area contributed by atoms with E-state index in [0.29, 0.717) is 51.7 Å². The SMILES string of the molecule is COc1ccc(CCN2C(=O)N[C@](C)(C3CCN(C(=O)CCc4cccnc4)CC3)C2=O)cc1. The van der Waals surface area contributed by atoms with Crippen molar-refractivity contribution < 1.29 is 19.1 Å². The second kappa shape index (κ2) is 10.2. The summed E-state index contributed by atoms with van der Waals surface area (Å²) < 4.78 is 5.18. The zero-order chi connectivity index (χ0) is 24.1. The molecule has 0 unspecified atom stereocenters. The minimum atomic E-state index is -0.929. The number of aromatic nitrogens is 1. The fourth-order valence-electron chi connectivity index (χ4n) is 4.89. The summed E-state index contributed by atoms with van der Waals surface area (Å²) >= 11 is 0. The molecular formula is C26H32N4O4. The van der Waals surface area contributed by atoms with Gasteiger partial charge in [0.05, 0.1) is 7.11 Å². The Hall–Kier alpha value is -3.42. The van der Waals surface area contributed by atoms with Gasteiger partial charge >= 0.3 is 6.03 Å². The van der Waals surface area contributed by atoms with Crippen LogP contribution in [0.3, 0.4) is 0 Å². The van der Waals surface area contributed by atoms with Crippen molar-refractivity contribution in [2.24, 2.45) is 5.92 Å². The molecule has 8 nitrogen and oxygen atoms in total. The van der Waals surface area contributed by atoms with Crippen LogP contribution in [-0.2, 0) is 22.4 Å². The normalized spacial score (nSPS) is 21.0. The highest BCUT2D eigenvalue weighted by Gasteiger charge is 2.52. The molecule has 0 spiro atoms. The molecular weight excluding hydrogens is 432 g/mol. The third-order valence-electron chi connectivity index (χ3n) is 7.10. The Bertz CT molecular complexity index is 1020. The van der Waals surface area contributed by atoms with Crippen molar-refractivity contribution in [2.75, 3.05) is 26.7 Å². The first-order chi connectivity index (χ1) is 16.4. The summed E-state index contributed by atoms with van der Waals surface area (Å²) in [6, 6.07) is 11.1. The van der Waals surface area contributed by atoms with Crippen LogP contribution in [0.1, 0.15) is 37.3 Å². The van der Waals surface area contributed by atoms with E-state index in [0.717, 1.165) is 16.9 Å². The molecule has 0 bridgehead atoms. The van der Waals surface area contributed by atoms with Gasteiger partial charge in [0.1, 0.15) is 11.3 Å². The first-order valence-corrected chi connectivity index (χ1v) is 11.8. The summed E-state index contributed by atoms with van der Waals surface area (Å²) in [4.78, 5) is 45.9. The minimum Gasteiger partial charge on any atom is -0.497 e. The lowest BCUT2D eigenvalue weighted by molar-refractivity contribution is -0.135. The molecule has 3 heterocycles. The van der Waals surface area contributed by atoms with Crippen LogP contribution < -0.4 is 10.1 Å². The van der Waals surface area contributed by atoms with Crippen molar-refractivity contribution in [2.45, 2.75) is 44.6 Å². The number of carbonyl (C=O) groups is 3. The minimum absolute atomic E-state index is 0.00249. The summed E-state index contributed by atoms with van der Waals surface area (Å²) in [7, 11) is 1.62. The van der Waals surface area contributed by atoms with Gasteiger partial charge in [-0.05, 0) is 67.9 Å². The Morgan fingerprint density at radius 3 is 2.50 bits per heavy atom. The Balaban J connectivity index is 1.29. The van der Waals surface area contributed by atoms with E-state index in [2.05, 4.69) is 10.3 Å². The Kier molecular flexibility index (Phi) is 7.14. The number of urea groups is 1. The zero-order valence-corrected chi connectivity index (χ0v) is 19.8. The third kappa shape index (κ3) is 5.05. The van der Waals surface area contributed by atoms with Gasteiger partial charge in [-0.1, -0.05) is 18.2 Å². The summed E-state index contributed by atoms with van der Waals surface area (Å²) in [5.41, 5.74) is 1.15. The van der Waals surface area contributed by atoms with Crippen LogP contribution in [0.5, 0.6) is 5.75 Å². The van der Waals surface area contributed by atoms with E-state index in [1.54, 1.807) is 19.5 Å². The maximum Gasteiger partial charge on any atom is 0.325 e. The molecule has 1 aromatic carbocycles. The molecule has 8 heteroatoms. The van der Waals surface area contributed by atoms with Gasteiger partial charge in [0, 0.05) is 38.4 Å². The van der Waals surface area contributed by atoms with Crippen LogP contribution in [-0.4, -0.2) is 64.9 Å². The second-order valence-electron chi connectivity index (χ2n) is 9.20. The van der Waals surface area contributed by atoms with Crippen LogP contribution in [0.15, 0.2) is 48.8 Å². The van der Waals surface area contributed by atoms with E-state index in [-0.39, 0.29) is 23.8 Å². The first-order valence-electron chi connectivity index (χ1n) is 11.8. The maximum atomic E-state index is 13.3. The number of piperidine rings is 1. The molecule has 0 aliphatic carbocycles. The number of hydrogen-bond donors (Lipinski definition) is 1. The number of rotatable bonds is 8. The molecule has 2 aliphatic heterocycles. The topological polar surface area (TPSA) is 91.8 Å². The summed E-state index contributed by atoms with van der Waals surface area (Å²) in [6.45, 7) is 3.35. The van der Waals surface area contributed by atoms with Crippen molar-refractivity contribution in [1.29, 1.82) is 0 Å². The van der Waals surface area contributed by atoms with Gasteiger partial charge in [0.25, 0.3) is 5.91 Å². The molecule has 2 saturated heterocycles. The molecule has 4 rings (SSSR count). The van der Waals surface area contributed by atoms with E-state index in [1.807, 2.05) is 48.2 Å². The third-order valence-corrected chi connectivity index (χ3v) is 7.10. The number of likely N-dealkylation sites (tertiary alicyclic amines) is 1. The number of imide groups is 1. The van der Waals surface area contributed by atoms with E-state index < -0.39 is 5.54 Å². The Morgan fingerprint density at radius 1 is 1.12 bits per heavy atom. The number of carbonyl (C=O) groups excluding carboxylic acids is 3. The van der Waals surface area contributed by atoms with Crippen LogP contribution >= 0.6 is 0 Å². The number of ether oxygens (including phenoxy) is 1. The highest BCUT2D eigenvalue weighted by atomic mass is 16.5. The average Bonchev–Trinajstić information content (AvgIpc) is 3.10. The lowest BCUT2D eigenvalue weighted by Crippen LogP contribution is -2.54. The largest absolute Gasteiger partial charge is 0.497 e. The van der Waals surface area contributed by atoms with Crippen LogP contribution in [0.25, 0.3) is 0 Å². The van der Waals surface area contributed by atoms with Gasteiger partial charge in [-0.3, -0.25) is 19.5 Å². The predicted molar refractivity (Wildman–Crippen MR) is 127 cm³/mol. The van der Waals surface area contributed by atoms with E-state index >= 15 is 0 Å². The van der Waals surface area contributed by atoms with E-state index in [4.69, 9.17) is 4.74 Å². The molecule has 1 atom stereocenters. The fourth-order valence-corrected chi connectivity index (χ4v) is 4.89. The van der Waals surface area contributed by atoms with E-state index in [1.165, 1.54) is 4.90 Å². The second-order valence-corrected chi connectivity index (χ2v) is 9.20. The van der Waals surface area contributed by atoms with Crippen molar-refractivity contribution >= 4 is 17.8 Å². The maximum absolute atomic E-state index is 13.3. The molecule has 180 valence electrons. The number of nitrogens with one attached hydrogen (secondary N) is 1. The van der Waals surface area contributed by atoms with Gasteiger partial charge in [-0.25, -0.2) is 4.79 Å². The van der Waals surface area contributed by atoms with Gasteiger partial charge in [0.15, 0.2) is 0 Å². The monoisotopic (exact) mass is 464 g/mol. The number of benzene rings is 1. The number of pyridine rings is 1. The standard InChI is InChI=1S/C26H32N4O4/c1-26(21-12-15-29(16-13-21)23(31)10-7-20-4-3-14-27-18-20)24(32)30(25(33)28-26)17-11-19-5-8-22(34-2)9-6-19/h3-6,8-9,14,18,21H,7,10-13,15-17H2,1-2H3,(H,28,33)/t26-/m1/s1. The quantitative estimate of drug-likeness (QED) is 0.607.